The molecule has 3 heteroatoms. The van der Waals surface area contributed by atoms with Crippen LogP contribution in [0.2, 0.25) is 0 Å². The van der Waals surface area contributed by atoms with Gasteiger partial charge in [-0.25, -0.2) is 0 Å². The van der Waals surface area contributed by atoms with Crippen LogP contribution in [0.15, 0.2) is 36.5 Å². The first-order chi connectivity index (χ1) is 9.55. The van der Waals surface area contributed by atoms with Gasteiger partial charge >= 0.3 is 0 Å². The van der Waals surface area contributed by atoms with Crippen molar-refractivity contribution in [2.45, 2.75) is 39.2 Å². The summed E-state index contributed by atoms with van der Waals surface area (Å²) in [6, 6.07) is 9.82. The van der Waals surface area contributed by atoms with E-state index in [1.54, 1.807) is 6.20 Å². The number of nitrogens with zero attached hydrogens (tertiary/aromatic N) is 1. The van der Waals surface area contributed by atoms with Crippen molar-refractivity contribution in [2.75, 3.05) is 0 Å². The summed E-state index contributed by atoms with van der Waals surface area (Å²) in [6.45, 7) is 4.53. The van der Waals surface area contributed by atoms with Crippen LogP contribution in [0.1, 0.15) is 43.5 Å². The number of fused-ring (bicyclic) bond motifs is 1. The summed E-state index contributed by atoms with van der Waals surface area (Å²) in [5.41, 5.74) is 1.94. The van der Waals surface area contributed by atoms with Crippen molar-refractivity contribution in [1.29, 1.82) is 0 Å². The maximum absolute atomic E-state index is 12.5. The third-order valence-electron chi connectivity index (χ3n) is 4.19. The second kappa shape index (κ2) is 4.89. The van der Waals surface area contributed by atoms with Gasteiger partial charge in [0.25, 0.3) is 5.91 Å². The number of carbonyl (C=O) groups excluding carboxylic acids is 1. The van der Waals surface area contributed by atoms with Gasteiger partial charge < -0.3 is 5.32 Å². The number of pyridine rings is 1. The van der Waals surface area contributed by atoms with Crippen molar-refractivity contribution < 1.29 is 4.79 Å². The zero-order chi connectivity index (χ0) is 14.2. The number of aromatic nitrogens is 1. The lowest BCUT2D eigenvalue weighted by Gasteiger charge is -2.18. The molecule has 0 radical (unpaired) electrons. The Kier molecular flexibility index (Phi) is 3.20. The molecule has 1 saturated carbocycles. The van der Waals surface area contributed by atoms with E-state index in [-0.39, 0.29) is 5.91 Å². The molecule has 0 saturated heterocycles. The Bertz CT molecular complexity index is 643. The summed E-state index contributed by atoms with van der Waals surface area (Å²) in [4.78, 5) is 16.8. The quantitative estimate of drug-likeness (QED) is 0.905. The first kappa shape index (κ1) is 13.1. The zero-order valence-corrected chi connectivity index (χ0v) is 12.0. The second-order valence-electron chi connectivity index (χ2n) is 6.45. The molecule has 3 nitrogen and oxygen atoms in total. The minimum atomic E-state index is 0.0197. The topological polar surface area (TPSA) is 42.0 Å². The van der Waals surface area contributed by atoms with E-state index in [0.29, 0.717) is 11.5 Å². The molecule has 0 spiro atoms. The first-order valence-corrected chi connectivity index (χ1v) is 7.20. The van der Waals surface area contributed by atoms with E-state index in [1.165, 1.54) is 6.42 Å². The fourth-order valence-electron chi connectivity index (χ4n) is 3.12. The van der Waals surface area contributed by atoms with Crippen LogP contribution < -0.4 is 5.32 Å². The SMILES string of the molecule is CC1(C)CCC(NC(=O)c2cccc3ncccc23)C1. The highest BCUT2D eigenvalue weighted by atomic mass is 16.1. The summed E-state index contributed by atoms with van der Waals surface area (Å²) >= 11 is 0. The number of amides is 1. The molecule has 2 aromatic rings. The summed E-state index contributed by atoms with van der Waals surface area (Å²) < 4.78 is 0. The Hall–Kier alpha value is -1.90. The lowest BCUT2D eigenvalue weighted by Crippen LogP contribution is -2.33. The number of rotatable bonds is 2. The highest BCUT2D eigenvalue weighted by Gasteiger charge is 2.31. The van der Waals surface area contributed by atoms with Gasteiger partial charge in [0, 0.05) is 23.2 Å². The van der Waals surface area contributed by atoms with Gasteiger partial charge in [0.05, 0.1) is 5.52 Å². The molecule has 104 valence electrons. The normalized spacial score (nSPS) is 21.0. The Morgan fingerprint density at radius 1 is 1.30 bits per heavy atom. The predicted octanol–water partition coefficient (Wildman–Crippen LogP) is 3.54. The number of carbonyl (C=O) groups is 1. The fraction of sp³-hybridized carbons (Fsp3) is 0.412. The molecule has 1 unspecified atom stereocenters. The van der Waals surface area contributed by atoms with Crippen LogP contribution in [0.4, 0.5) is 0 Å². The van der Waals surface area contributed by atoms with E-state index in [9.17, 15) is 4.79 Å². The highest BCUT2D eigenvalue weighted by Crippen LogP contribution is 2.37. The Labute approximate surface area is 119 Å². The van der Waals surface area contributed by atoms with Crippen LogP contribution in [0.5, 0.6) is 0 Å². The van der Waals surface area contributed by atoms with Crippen molar-refractivity contribution in [3.63, 3.8) is 0 Å². The summed E-state index contributed by atoms with van der Waals surface area (Å²) in [6.07, 6.45) is 5.06. The van der Waals surface area contributed by atoms with Crippen LogP contribution in [0, 0.1) is 5.41 Å². The number of hydrogen-bond donors (Lipinski definition) is 1. The van der Waals surface area contributed by atoms with E-state index >= 15 is 0 Å². The van der Waals surface area contributed by atoms with Crippen LogP contribution >= 0.6 is 0 Å². The second-order valence-corrected chi connectivity index (χ2v) is 6.45. The summed E-state index contributed by atoms with van der Waals surface area (Å²) in [5, 5.41) is 4.10. The average Bonchev–Trinajstić information content (AvgIpc) is 2.77. The lowest BCUT2D eigenvalue weighted by atomic mass is 9.92. The molecule has 0 aliphatic heterocycles. The highest BCUT2D eigenvalue weighted by molar-refractivity contribution is 6.06. The molecule has 0 bridgehead atoms. The smallest absolute Gasteiger partial charge is 0.252 e. The monoisotopic (exact) mass is 268 g/mol. The fourth-order valence-corrected chi connectivity index (χ4v) is 3.12. The van der Waals surface area contributed by atoms with Crippen molar-refractivity contribution in [1.82, 2.24) is 10.3 Å². The van der Waals surface area contributed by atoms with E-state index in [4.69, 9.17) is 0 Å². The minimum Gasteiger partial charge on any atom is -0.349 e. The van der Waals surface area contributed by atoms with Crippen molar-refractivity contribution >= 4 is 16.8 Å². The molecular weight excluding hydrogens is 248 g/mol. The predicted molar refractivity (Wildman–Crippen MR) is 80.6 cm³/mol. The number of hydrogen-bond acceptors (Lipinski definition) is 2. The van der Waals surface area contributed by atoms with Gasteiger partial charge in [-0.2, -0.15) is 0 Å². The van der Waals surface area contributed by atoms with E-state index in [0.717, 1.165) is 29.3 Å². The van der Waals surface area contributed by atoms with E-state index in [2.05, 4.69) is 24.1 Å². The molecule has 3 rings (SSSR count). The van der Waals surface area contributed by atoms with Crippen LogP contribution in [0.25, 0.3) is 10.9 Å². The van der Waals surface area contributed by atoms with Crippen molar-refractivity contribution in [2.24, 2.45) is 5.41 Å². The van der Waals surface area contributed by atoms with Gasteiger partial charge in [0.1, 0.15) is 0 Å². The van der Waals surface area contributed by atoms with Gasteiger partial charge in [-0.15, -0.1) is 0 Å². The average molecular weight is 268 g/mol. The van der Waals surface area contributed by atoms with Gasteiger partial charge in [-0.3, -0.25) is 9.78 Å². The van der Waals surface area contributed by atoms with Gasteiger partial charge in [-0.1, -0.05) is 26.0 Å². The standard InChI is InChI=1S/C17H20N2O/c1-17(2)9-8-12(11-17)19-16(20)14-5-3-7-15-13(14)6-4-10-18-15/h3-7,10,12H,8-9,11H2,1-2H3,(H,19,20). The maximum Gasteiger partial charge on any atom is 0.252 e. The third kappa shape index (κ3) is 2.53. The van der Waals surface area contributed by atoms with Crippen LogP contribution in [-0.2, 0) is 0 Å². The maximum atomic E-state index is 12.5. The molecule has 1 fully saturated rings. The zero-order valence-electron chi connectivity index (χ0n) is 12.0. The minimum absolute atomic E-state index is 0.0197. The van der Waals surface area contributed by atoms with Crippen molar-refractivity contribution in [3.8, 4) is 0 Å². The molecule has 1 aliphatic rings. The first-order valence-electron chi connectivity index (χ1n) is 7.20. The molecule has 1 amide bonds. The Morgan fingerprint density at radius 2 is 2.15 bits per heavy atom. The molecule has 1 N–H and O–H groups in total. The van der Waals surface area contributed by atoms with E-state index < -0.39 is 0 Å². The Morgan fingerprint density at radius 3 is 2.90 bits per heavy atom. The molecule has 1 atom stereocenters. The Balaban J connectivity index is 1.83. The molecular formula is C17H20N2O. The molecule has 1 aliphatic carbocycles. The molecule has 1 aromatic carbocycles. The summed E-state index contributed by atoms with van der Waals surface area (Å²) in [7, 11) is 0. The van der Waals surface area contributed by atoms with Gasteiger partial charge in [0.2, 0.25) is 0 Å². The summed E-state index contributed by atoms with van der Waals surface area (Å²) in [5.74, 6) is 0.0197. The van der Waals surface area contributed by atoms with E-state index in [1.807, 2.05) is 30.3 Å². The molecule has 1 aromatic heterocycles. The number of benzene rings is 1. The van der Waals surface area contributed by atoms with Gasteiger partial charge in [0.15, 0.2) is 0 Å². The van der Waals surface area contributed by atoms with Crippen molar-refractivity contribution in [3.05, 3.63) is 42.1 Å². The number of nitrogens with one attached hydrogen (secondary N) is 1. The van der Waals surface area contributed by atoms with Gasteiger partial charge in [-0.05, 0) is 42.9 Å². The third-order valence-corrected chi connectivity index (χ3v) is 4.19. The van der Waals surface area contributed by atoms with Crippen LogP contribution in [-0.4, -0.2) is 16.9 Å². The lowest BCUT2D eigenvalue weighted by molar-refractivity contribution is 0.0937. The molecule has 1 heterocycles. The van der Waals surface area contributed by atoms with Crippen LogP contribution in [0.3, 0.4) is 0 Å². The largest absolute Gasteiger partial charge is 0.349 e. The molecule has 20 heavy (non-hydrogen) atoms.